The molecule has 1 aliphatic rings. The van der Waals surface area contributed by atoms with Crippen LogP contribution in [0.2, 0.25) is 0 Å². The highest BCUT2D eigenvalue weighted by Gasteiger charge is 2.20. The largest absolute Gasteiger partial charge is 0.397 e. The van der Waals surface area contributed by atoms with Crippen molar-refractivity contribution in [3.05, 3.63) is 23.8 Å². The molecule has 0 radical (unpaired) electrons. The topological polar surface area (TPSA) is 81.1 Å². The van der Waals surface area contributed by atoms with Crippen molar-refractivity contribution < 1.29 is 4.79 Å². The van der Waals surface area contributed by atoms with E-state index in [0.717, 1.165) is 5.69 Å². The fourth-order valence-electron chi connectivity index (χ4n) is 2.84. The third-order valence-electron chi connectivity index (χ3n) is 4.08. The molecular weight excluding hydrogens is 238 g/mol. The van der Waals surface area contributed by atoms with Crippen molar-refractivity contribution in [1.82, 2.24) is 0 Å². The van der Waals surface area contributed by atoms with Crippen molar-refractivity contribution in [3.8, 4) is 0 Å². The molecule has 1 aliphatic carbocycles. The lowest BCUT2D eigenvalue weighted by atomic mass is 9.84. The van der Waals surface area contributed by atoms with Crippen LogP contribution in [0.5, 0.6) is 0 Å². The smallest absolute Gasteiger partial charge is 0.248 e. The van der Waals surface area contributed by atoms with Crippen LogP contribution in [-0.4, -0.2) is 11.9 Å². The van der Waals surface area contributed by atoms with Gasteiger partial charge >= 0.3 is 0 Å². The number of hydrogen-bond donors (Lipinski definition) is 3. The zero-order valence-electron chi connectivity index (χ0n) is 11.5. The number of carbonyl (C=O) groups excluding carboxylic acids is 1. The Morgan fingerprint density at radius 3 is 2.58 bits per heavy atom. The summed E-state index contributed by atoms with van der Waals surface area (Å²) in [6.07, 6.45) is 6.58. The molecule has 1 fully saturated rings. The molecule has 0 saturated heterocycles. The number of benzene rings is 1. The highest BCUT2D eigenvalue weighted by atomic mass is 16.1. The van der Waals surface area contributed by atoms with Gasteiger partial charge in [0.25, 0.3) is 0 Å². The Morgan fingerprint density at radius 1 is 1.32 bits per heavy atom. The normalized spacial score (nSPS) is 17.9. The first-order chi connectivity index (χ1) is 9.08. The molecule has 19 heavy (non-hydrogen) atoms. The van der Waals surface area contributed by atoms with Gasteiger partial charge in [-0.25, -0.2) is 0 Å². The monoisotopic (exact) mass is 261 g/mol. The number of nitrogens with two attached hydrogens (primary N) is 2. The zero-order chi connectivity index (χ0) is 13.8. The summed E-state index contributed by atoms with van der Waals surface area (Å²) in [4.78, 5) is 11.1. The van der Waals surface area contributed by atoms with Crippen molar-refractivity contribution in [2.24, 2.45) is 11.7 Å². The zero-order valence-corrected chi connectivity index (χ0v) is 11.5. The third kappa shape index (κ3) is 3.40. The molecule has 1 aromatic rings. The number of primary amides is 1. The molecule has 0 spiro atoms. The Hall–Kier alpha value is -1.71. The summed E-state index contributed by atoms with van der Waals surface area (Å²) in [6.45, 7) is 2.21. The first-order valence-corrected chi connectivity index (χ1v) is 7.04. The fraction of sp³-hybridized carbons (Fsp3) is 0.533. The second kappa shape index (κ2) is 5.95. The van der Waals surface area contributed by atoms with E-state index in [1.54, 1.807) is 12.1 Å². The Bertz CT molecular complexity index is 453. The third-order valence-corrected chi connectivity index (χ3v) is 4.08. The summed E-state index contributed by atoms with van der Waals surface area (Å²) in [5.41, 5.74) is 13.1. The number of carbonyl (C=O) groups is 1. The van der Waals surface area contributed by atoms with Gasteiger partial charge in [0.15, 0.2) is 0 Å². The van der Waals surface area contributed by atoms with E-state index in [4.69, 9.17) is 11.5 Å². The van der Waals surface area contributed by atoms with Crippen molar-refractivity contribution >= 4 is 17.3 Å². The van der Waals surface area contributed by atoms with Crippen molar-refractivity contribution in [3.63, 3.8) is 0 Å². The fourth-order valence-corrected chi connectivity index (χ4v) is 2.84. The van der Waals surface area contributed by atoms with E-state index in [-0.39, 0.29) is 0 Å². The molecule has 1 aromatic carbocycles. The predicted molar refractivity (Wildman–Crippen MR) is 79.0 cm³/mol. The van der Waals surface area contributed by atoms with E-state index < -0.39 is 5.91 Å². The maximum atomic E-state index is 11.1. The molecule has 4 heteroatoms. The summed E-state index contributed by atoms with van der Waals surface area (Å²) < 4.78 is 0. The number of hydrogen-bond acceptors (Lipinski definition) is 3. The number of nitrogens with one attached hydrogen (secondary N) is 1. The lowest BCUT2D eigenvalue weighted by Crippen LogP contribution is -2.28. The summed E-state index contributed by atoms with van der Waals surface area (Å²) in [5.74, 6) is 0.266. The van der Waals surface area contributed by atoms with E-state index in [1.165, 1.54) is 32.1 Å². The molecule has 0 heterocycles. The van der Waals surface area contributed by atoms with Crippen molar-refractivity contribution in [2.75, 3.05) is 11.1 Å². The van der Waals surface area contributed by atoms with E-state index in [9.17, 15) is 4.79 Å². The van der Waals surface area contributed by atoms with Gasteiger partial charge in [-0.3, -0.25) is 4.79 Å². The standard InChI is InChI=1S/C15H23N3O/c1-10(11-5-3-2-4-6-11)18-14-8-7-12(15(17)19)9-13(14)16/h7-11,18H,2-6,16H2,1H3,(H2,17,19). The second-order valence-electron chi connectivity index (χ2n) is 5.50. The Kier molecular flexibility index (Phi) is 4.30. The number of anilines is 2. The van der Waals surface area contributed by atoms with Crippen molar-refractivity contribution in [1.29, 1.82) is 0 Å². The molecule has 1 atom stereocenters. The molecule has 4 nitrogen and oxygen atoms in total. The number of nitrogen functional groups attached to an aromatic ring is 1. The van der Waals surface area contributed by atoms with Gasteiger partial charge in [-0.1, -0.05) is 19.3 Å². The van der Waals surface area contributed by atoms with Crippen LogP contribution in [0.3, 0.4) is 0 Å². The predicted octanol–water partition coefficient (Wildman–Crippen LogP) is 2.75. The Labute approximate surface area is 114 Å². The molecule has 1 unspecified atom stereocenters. The van der Waals surface area contributed by atoms with E-state index in [1.807, 2.05) is 6.07 Å². The molecule has 0 aromatic heterocycles. The van der Waals surface area contributed by atoms with Gasteiger partial charge in [0.2, 0.25) is 5.91 Å². The average molecular weight is 261 g/mol. The van der Waals surface area contributed by atoms with Gasteiger partial charge in [0, 0.05) is 11.6 Å². The maximum absolute atomic E-state index is 11.1. The lowest BCUT2D eigenvalue weighted by Gasteiger charge is -2.29. The molecule has 0 aliphatic heterocycles. The minimum atomic E-state index is -0.446. The van der Waals surface area contributed by atoms with Gasteiger partial charge in [-0.05, 0) is 43.9 Å². The summed E-state index contributed by atoms with van der Waals surface area (Å²) in [6, 6.07) is 5.60. The van der Waals surface area contributed by atoms with Crippen LogP contribution in [0.4, 0.5) is 11.4 Å². The molecule has 104 valence electrons. The van der Waals surface area contributed by atoms with Crippen LogP contribution >= 0.6 is 0 Å². The summed E-state index contributed by atoms with van der Waals surface area (Å²) in [7, 11) is 0. The number of amides is 1. The van der Waals surface area contributed by atoms with Crippen LogP contribution in [-0.2, 0) is 0 Å². The minimum absolute atomic E-state index is 0.405. The summed E-state index contributed by atoms with van der Waals surface area (Å²) >= 11 is 0. The van der Waals surface area contributed by atoms with Crippen LogP contribution < -0.4 is 16.8 Å². The van der Waals surface area contributed by atoms with Gasteiger partial charge in [-0.15, -0.1) is 0 Å². The Balaban J connectivity index is 2.03. The Morgan fingerprint density at radius 2 is 2.00 bits per heavy atom. The SMILES string of the molecule is CC(Nc1ccc(C(N)=O)cc1N)C1CCCCC1. The van der Waals surface area contributed by atoms with Gasteiger partial charge in [0.1, 0.15) is 0 Å². The van der Waals surface area contributed by atoms with Crippen LogP contribution in [0, 0.1) is 5.92 Å². The molecule has 1 saturated carbocycles. The van der Waals surface area contributed by atoms with E-state index in [2.05, 4.69) is 12.2 Å². The van der Waals surface area contributed by atoms with Gasteiger partial charge < -0.3 is 16.8 Å². The van der Waals surface area contributed by atoms with Gasteiger partial charge in [0.05, 0.1) is 11.4 Å². The van der Waals surface area contributed by atoms with E-state index >= 15 is 0 Å². The highest BCUT2D eigenvalue weighted by Crippen LogP contribution is 2.29. The van der Waals surface area contributed by atoms with Crippen LogP contribution in [0.25, 0.3) is 0 Å². The molecule has 2 rings (SSSR count). The van der Waals surface area contributed by atoms with Gasteiger partial charge in [-0.2, -0.15) is 0 Å². The van der Waals surface area contributed by atoms with Crippen LogP contribution in [0.15, 0.2) is 18.2 Å². The summed E-state index contributed by atoms with van der Waals surface area (Å²) in [5, 5.41) is 3.47. The first-order valence-electron chi connectivity index (χ1n) is 7.04. The van der Waals surface area contributed by atoms with Crippen molar-refractivity contribution in [2.45, 2.75) is 45.1 Å². The number of rotatable bonds is 4. The average Bonchev–Trinajstić information content (AvgIpc) is 2.41. The molecule has 0 bridgehead atoms. The minimum Gasteiger partial charge on any atom is -0.397 e. The van der Waals surface area contributed by atoms with Crippen LogP contribution in [0.1, 0.15) is 49.4 Å². The second-order valence-corrected chi connectivity index (χ2v) is 5.50. The molecule has 1 amide bonds. The lowest BCUT2D eigenvalue weighted by molar-refractivity contribution is 0.100. The first kappa shape index (κ1) is 13.7. The molecule has 5 N–H and O–H groups in total. The quantitative estimate of drug-likeness (QED) is 0.729. The van der Waals surface area contributed by atoms with E-state index in [0.29, 0.717) is 23.2 Å². The maximum Gasteiger partial charge on any atom is 0.248 e. The molecular formula is C15H23N3O. The highest BCUT2D eigenvalue weighted by molar-refractivity contribution is 5.94.